The molecular weight excluding hydrogens is 274 g/mol. The molecule has 3 nitrogen and oxygen atoms in total. The summed E-state index contributed by atoms with van der Waals surface area (Å²) in [7, 11) is 0. The number of hydrogen-bond acceptors (Lipinski definition) is 2. The van der Waals surface area contributed by atoms with Gasteiger partial charge in [-0.1, -0.05) is 20.8 Å². The Morgan fingerprint density at radius 1 is 1.14 bits per heavy atom. The number of ketones is 1. The van der Waals surface area contributed by atoms with E-state index in [9.17, 15) is 9.59 Å². The van der Waals surface area contributed by atoms with E-state index in [2.05, 4.69) is 26.1 Å². The Kier molecular flexibility index (Phi) is 5.05. The standard InChI is InChI=1S/C19H27NO2/c1-13(2)19(11-9-14(3)10-12-19)18(22)20-17-7-5-16(6-8-17)15(4)21/h5-8,13-14H,9-12H2,1-4H3,(H,20,22). The Hall–Kier alpha value is -1.64. The van der Waals surface area contributed by atoms with Crippen LogP contribution in [0.1, 0.15) is 63.7 Å². The highest BCUT2D eigenvalue weighted by molar-refractivity contribution is 5.97. The first-order chi connectivity index (χ1) is 10.3. The Labute approximate surface area is 133 Å². The van der Waals surface area contributed by atoms with Crippen molar-refractivity contribution in [1.82, 2.24) is 0 Å². The number of amides is 1. The van der Waals surface area contributed by atoms with Crippen molar-refractivity contribution < 1.29 is 9.59 Å². The maximum Gasteiger partial charge on any atom is 0.230 e. The van der Waals surface area contributed by atoms with Crippen LogP contribution in [0.25, 0.3) is 0 Å². The zero-order valence-electron chi connectivity index (χ0n) is 14.1. The van der Waals surface area contributed by atoms with Crippen LogP contribution in [0.15, 0.2) is 24.3 Å². The van der Waals surface area contributed by atoms with Crippen LogP contribution in [0.3, 0.4) is 0 Å². The number of Topliss-reactive ketones (excluding diaryl/α,β-unsaturated/α-hetero) is 1. The van der Waals surface area contributed by atoms with Crippen LogP contribution in [0.2, 0.25) is 0 Å². The third-order valence-corrected chi connectivity index (χ3v) is 5.27. The molecule has 0 bridgehead atoms. The molecule has 1 aliphatic carbocycles. The van der Waals surface area contributed by atoms with Crippen LogP contribution in [0.4, 0.5) is 5.69 Å². The Bertz CT molecular complexity index is 537. The fourth-order valence-corrected chi connectivity index (χ4v) is 3.39. The maximum absolute atomic E-state index is 12.9. The third-order valence-electron chi connectivity index (χ3n) is 5.27. The highest BCUT2D eigenvalue weighted by Crippen LogP contribution is 2.45. The van der Waals surface area contributed by atoms with E-state index in [1.54, 1.807) is 19.1 Å². The molecular formula is C19H27NO2. The molecule has 0 aliphatic heterocycles. The van der Waals surface area contributed by atoms with Gasteiger partial charge in [0, 0.05) is 11.3 Å². The van der Waals surface area contributed by atoms with Crippen molar-refractivity contribution in [3.8, 4) is 0 Å². The first-order valence-electron chi connectivity index (χ1n) is 8.27. The summed E-state index contributed by atoms with van der Waals surface area (Å²) >= 11 is 0. The zero-order valence-corrected chi connectivity index (χ0v) is 14.1. The van der Waals surface area contributed by atoms with Gasteiger partial charge in [0.05, 0.1) is 5.41 Å². The van der Waals surface area contributed by atoms with Gasteiger partial charge >= 0.3 is 0 Å². The number of benzene rings is 1. The molecule has 2 rings (SSSR count). The van der Waals surface area contributed by atoms with E-state index in [0.717, 1.165) is 37.3 Å². The summed E-state index contributed by atoms with van der Waals surface area (Å²) in [4.78, 5) is 24.2. The molecule has 0 spiro atoms. The lowest BCUT2D eigenvalue weighted by Crippen LogP contribution is -2.43. The molecule has 22 heavy (non-hydrogen) atoms. The molecule has 1 aliphatic rings. The van der Waals surface area contributed by atoms with E-state index in [4.69, 9.17) is 0 Å². The monoisotopic (exact) mass is 301 g/mol. The average molecular weight is 301 g/mol. The van der Waals surface area contributed by atoms with Crippen molar-refractivity contribution in [2.45, 2.75) is 53.4 Å². The van der Waals surface area contributed by atoms with Crippen LogP contribution >= 0.6 is 0 Å². The van der Waals surface area contributed by atoms with Gasteiger partial charge in [-0.15, -0.1) is 0 Å². The normalized spacial score (nSPS) is 25.0. The lowest BCUT2D eigenvalue weighted by atomic mass is 9.64. The fourth-order valence-electron chi connectivity index (χ4n) is 3.39. The second kappa shape index (κ2) is 6.64. The van der Waals surface area contributed by atoms with Gasteiger partial charge in [0.1, 0.15) is 0 Å². The highest BCUT2D eigenvalue weighted by Gasteiger charge is 2.43. The summed E-state index contributed by atoms with van der Waals surface area (Å²) in [6.07, 6.45) is 4.16. The van der Waals surface area contributed by atoms with E-state index < -0.39 is 0 Å². The molecule has 3 heteroatoms. The van der Waals surface area contributed by atoms with E-state index in [-0.39, 0.29) is 17.1 Å². The summed E-state index contributed by atoms with van der Waals surface area (Å²) in [6, 6.07) is 7.16. The number of nitrogens with one attached hydrogen (secondary N) is 1. The van der Waals surface area contributed by atoms with Crippen LogP contribution < -0.4 is 5.32 Å². The lowest BCUT2D eigenvalue weighted by molar-refractivity contribution is -0.130. The molecule has 1 fully saturated rings. The summed E-state index contributed by atoms with van der Waals surface area (Å²) < 4.78 is 0. The van der Waals surface area contributed by atoms with Crippen LogP contribution in [-0.2, 0) is 4.79 Å². The zero-order chi connectivity index (χ0) is 16.3. The minimum atomic E-state index is -0.258. The van der Waals surface area contributed by atoms with Gasteiger partial charge in [-0.05, 0) is 68.7 Å². The van der Waals surface area contributed by atoms with Crippen LogP contribution in [0, 0.1) is 17.3 Å². The van der Waals surface area contributed by atoms with Crippen LogP contribution in [0.5, 0.6) is 0 Å². The molecule has 1 saturated carbocycles. The SMILES string of the molecule is CC(=O)c1ccc(NC(=O)C2(C(C)C)CCC(C)CC2)cc1. The molecule has 0 unspecified atom stereocenters. The van der Waals surface area contributed by atoms with Crippen molar-refractivity contribution in [1.29, 1.82) is 0 Å². The van der Waals surface area contributed by atoms with Crippen molar-refractivity contribution in [2.24, 2.45) is 17.3 Å². The first kappa shape index (κ1) is 16.7. The molecule has 0 saturated heterocycles. The number of anilines is 1. The van der Waals surface area contributed by atoms with Gasteiger partial charge in [-0.2, -0.15) is 0 Å². The minimum Gasteiger partial charge on any atom is -0.326 e. The quantitative estimate of drug-likeness (QED) is 0.821. The summed E-state index contributed by atoms with van der Waals surface area (Å²) in [5.74, 6) is 1.22. The van der Waals surface area contributed by atoms with Crippen molar-refractivity contribution in [2.75, 3.05) is 5.32 Å². The predicted octanol–water partition coefficient (Wildman–Crippen LogP) is 4.68. The molecule has 1 aromatic rings. The maximum atomic E-state index is 12.9. The molecule has 1 N–H and O–H groups in total. The number of carbonyl (C=O) groups is 2. The van der Waals surface area contributed by atoms with Gasteiger partial charge < -0.3 is 5.32 Å². The van der Waals surface area contributed by atoms with Crippen molar-refractivity contribution in [3.05, 3.63) is 29.8 Å². The van der Waals surface area contributed by atoms with E-state index in [1.807, 2.05) is 12.1 Å². The first-order valence-corrected chi connectivity index (χ1v) is 8.27. The number of carbonyl (C=O) groups excluding carboxylic acids is 2. The number of hydrogen-bond donors (Lipinski definition) is 1. The molecule has 120 valence electrons. The van der Waals surface area contributed by atoms with E-state index in [0.29, 0.717) is 11.5 Å². The van der Waals surface area contributed by atoms with Gasteiger partial charge in [0.2, 0.25) is 5.91 Å². The van der Waals surface area contributed by atoms with Gasteiger partial charge in [-0.25, -0.2) is 0 Å². The second-order valence-electron chi connectivity index (χ2n) is 7.08. The predicted molar refractivity (Wildman–Crippen MR) is 90.0 cm³/mol. The summed E-state index contributed by atoms with van der Waals surface area (Å²) in [5, 5.41) is 3.06. The molecule has 0 aromatic heterocycles. The third kappa shape index (κ3) is 3.40. The van der Waals surface area contributed by atoms with Crippen molar-refractivity contribution in [3.63, 3.8) is 0 Å². The van der Waals surface area contributed by atoms with E-state index >= 15 is 0 Å². The largest absolute Gasteiger partial charge is 0.326 e. The number of rotatable bonds is 4. The lowest BCUT2D eigenvalue weighted by Gasteiger charge is -2.41. The Morgan fingerprint density at radius 3 is 2.14 bits per heavy atom. The van der Waals surface area contributed by atoms with Crippen molar-refractivity contribution >= 4 is 17.4 Å². The van der Waals surface area contributed by atoms with Gasteiger partial charge in [0.25, 0.3) is 0 Å². The molecule has 0 radical (unpaired) electrons. The fraction of sp³-hybridized carbons (Fsp3) is 0.579. The summed E-state index contributed by atoms with van der Waals surface area (Å²) in [6.45, 7) is 8.11. The van der Waals surface area contributed by atoms with E-state index in [1.165, 1.54) is 0 Å². The van der Waals surface area contributed by atoms with Gasteiger partial charge in [0.15, 0.2) is 5.78 Å². The topological polar surface area (TPSA) is 46.2 Å². The molecule has 1 amide bonds. The van der Waals surface area contributed by atoms with Gasteiger partial charge in [-0.3, -0.25) is 9.59 Å². The van der Waals surface area contributed by atoms with Crippen LogP contribution in [-0.4, -0.2) is 11.7 Å². The highest BCUT2D eigenvalue weighted by atomic mass is 16.2. The molecule has 1 aromatic carbocycles. The second-order valence-corrected chi connectivity index (χ2v) is 7.08. The summed E-state index contributed by atoms with van der Waals surface area (Å²) in [5.41, 5.74) is 1.18. The minimum absolute atomic E-state index is 0.0396. The average Bonchev–Trinajstić information content (AvgIpc) is 2.48. The molecule has 0 heterocycles. The molecule has 0 atom stereocenters. The Morgan fingerprint density at radius 2 is 1.68 bits per heavy atom. The smallest absolute Gasteiger partial charge is 0.230 e. The Balaban J connectivity index is 2.13.